The van der Waals surface area contributed by atoms with Crippen LogP contribution in [0.5, 0.6) is 0 Å². The first-order valence-electron chi connectivity index (χ1n) is 4.54. The lowest BCUT2D eigenvalue weighted by molar-refractivity contribution is 1.27. The highest BCUT2D eigenvalue weighted by atomic mass is 33.1. The van der Waals surface area contributed by atoms with Crippen molar-refractivity contribution in [2.75, 3.05) is 0 Å². The van der Waals surface area contributed by atoms with Crippen LogP contribution in [0.15, 0.2) is 35.2 Å². The van der Waals surface area contributed by atoms with Crippen molar-refractivity contribution in [2.45, 2.75) is 18.7 Å². The van der Waals surface area contributed by atoms with E-state index in [9.17, 15) is 0 Å². The monoisotopic (exact) mass is 220 g/mol. The van der Waals surface area contributed by atoms with Gasteiger partial charge < -0.3 is 0 Å². The van der Waals surface area contributed by atoms with Crippen LogP contribution in [0.3, 0.4) is 0 Å². The summed E-state index contributed by atoms with van der Waals surface area (Å²) in [6.07, 6.45) is 0. The van der Waals surface area contributed by atoms with E-state index in [0.717, 1.165) is 0 Å². The molecule has 0 amide bonds. The average molecular weight is 220 g/mol. The molecule has 0 saturated carbocycles. The van der Waals surface area contributed by atoms with E-state index >= 15 is 0 Å². The summed E-state index contributed by atoms with van der Waals surface area (Å²) in [4.78, 5) is 1.28. The standard InChI is InChI=1S/C12H12S2/c1-8-7-10-5-3-4-6-11(10)12(14-13)9(8)2/h3-7,13H,1-2H3. The summed E-state index contributed by atoms with van der Waals surface area (Å²) < 4.78 is 0. The minimum absolute atomic E-state index is 1.28. The molecule has 0 aliphatic rings. The van der Waals surface area contributed by atoms with Crippen LogP contribution in [0.1, 0.15) is 11.1 Å². The van der Waals surface area contributed by atoms with Gasteiger partial charge in [0, 0.05) is 4.90 Å². The molecule has 2 heteroatoms. The van der Waals surface area contributed by atoms with Gasteiger partial charge in [0.25, 0.3) is 0 Å². The molecular formula is C12H12S2. The van der Waals surface area contributed by atoms with Crippen molar-refractivity contribution in [1.29, 1.82) is 0 Å². The summed E-state index contributed by atoms with van der Waals surface area (Å²) >= 11 is 4.32. The molecule has 0 saturated heterocycles. The first-order chi connectivity index (χ1) is 6.74. The molecule has 0 N–H and O–H groups in total. The highest BCUT2D eigenvalue weighted by Gasteiger charge is 2.06. The van der Waals surface area contributed by atoms with Crippen LogP contribution < -0.4 is 0 Å². The molecule has 14 heavy (non-hydrogen) atoms. The van der Waals surface area contributed by atoms with Crippen molar-refractivity contribution >= 4 is 33.2 Å². The number of hydrogen-bond acceptors (Lipinski definition) is 2. The van der Waals surface area contributed by atoms with Crippen LogP contribution >= 0.6 is 22.5 Å². The van der Waals surface area contributed by atoms with Gasteiger partial charge in [-0.05, 0) is 35.7 Å². The molecule has 72 valence electrons. The molecule has 0 heterocycles. The second kappa shape index (κ2) is 3.87. The fraction of sp³-hybridized carbons (Fsp3) is 0.167. The zero-order chi connectivity index (χ0) is 10.1. The molecule has 2 aromatic carbocycles. The van der Waals surface area contributed by atoms with E-state index in [1.54, 1.807) is 0 Å². The summed E-state index contributed by atoms with van der Waals surface area (Å²) in [7, 11) is 1.53. The van der Waals surface area contributed by atoms with E-state index in [2.05, 4.69) is 55.8 Å². The van der Waals surface area contributed by atoms with Crippen LogP contribution in [-0.4, -0.2) is 0 Å². The van der Waals surface area contributed by atoms with Gasteiger partial charge in [0.2, 0.25) is 0 Å². The lowest BCUT2D eigenvalue weighted by Gasteiger charge is -2.09. The van der Waals surface area contributed by atoms with E-state index in [0.29, 0.717) is 0 Å². The van der Waals surface area contributed by atoms with Crippen LogP contribution in [0, 0.1) is 13.8 Å². The molecule has 0 bridgehead atoms. The molecule has 0 atom stereocenters. The average Bonchev–Trinajstić information content (AvgIpc) is 2.20. The molecule has 2 aromatic rings. The molecule has 0 aliphatic heterocycles. The zero-order valence-electron chi connectivity index (χ0n) is 8.24. The molecule has 0 aliphatic carbocycles. The molecule has 0 radical (unpaired) electrons. The van der Waals surface area contributed by atoms with Crippen molar-refractivity contribution < 1.29 is 0 Å². The maximum atomic E-state index is 4.32. The van der Waals surface area contributed by atoms with Gasteiger partial charge in [-0.2, -0.15) is 0 Å². The van der Waals surface area contributed by atoms with E-state index in [4.69, 9.17) is 0 Å². The van der Waals surface area contributed by atoms with E-state index in [1.165, 1.54) is 37.6 Å². The van der Waals surface area contributed by atoms with Gasteiger partial charge in [0.15, 0.2) is 0 Å². The number of hydrogen-bond donors (Lipinski definition) is 1. The second-order valence-electron chi connectivity index (χ2n) is 3.46. The number of aryl methyl sites for hydroxylation is 1. The first-order valence-corrected chi connectivity index (χ1v) is 6.41. The summed E-state index contributed by atoms with van der Waals surface area (Å²) in [5.74, 6) is 0. The van der Waals surface area contributed by atoms with Gasteiger partial charge in [-0.1, -0.05) is 41.1 Å². The predicted octanol–water partition coefficient (Wildman–Crippen LogP) is 4.39. The SMILES string of the molecule is Cc1cc2ccccc2c(SS)c1C. The summed E-state index contributed by atoms with van der Waals surface area (Å²) in [6.45, 7) is 4.30. The quantitative estimate of drug-likeness (QED) is 0.549. The first kappa shape index (κ1) is 9.94. The lowest BCUT2D eigenvalue weighted by Crippen LogP contribution is -1.86. The number of rotatable bonds is 1. The van der Waals surface area contributed by atoms with Crippen molar-refractivity contribution in [2.24, 2.45) is 0 Å². The molecular weight excluding hydrogens is 208 g/mol. The van der Waals surface area contributed by atoms with Gasteiger partial charge in [0.1, 0.15) is 0 Å². The molecule has 2 rings (SSSR count). The molecule has 0 nitrogen and oxygen atoms in total. The normalized spacial score (nSPS) is 10.8. The highest BCUT2D eigenvalue weighted by Crippen LogP contribution is 2.34. The van der Waals surface area contributed by atoms with Crippen molar-refractivity contribution in [3.63, 3.8) is 0 Å². The van der Waals surface area contributed by atoms with Gasteiger partial charge >= 0.3 is 0 Å². The third-order valence-electron chi connectivity index (χ3n) is 2.60. The number of thiol groups is 1. The van der Waals surface area contributed by atoms with Crippen molar-refractivity contribution in [3.8, 4) is 0 Å². The minimum atomic E-state index is 1.28. The Balaban J connectivity index is 2.89. The van der Waals surface area contributed by atoms with E-state index < -0.39 is 0 Å². The Hall–Kier alpha value is -0.600. The van der Waals surface area contributed by atoms with Crippen LogP contribution in [0.25, 0.3) is 10.8 Å². The molecule has 0 aromatic heterocycles. The van der Waals surface area contributed by atoms with Crippen LogP contribution in [0.2, 0.25) is 0 Å². The van der Waals surface area contributed by atoms with E-state index in [1.807, 2.05) is 0 Å². The van der Waals surface area contributed by atoms with Gasteiger partial charge in [-0.3, -0.25) is 0 Å². The third kappa shape index (κ3) is 1.53. The minimum Gasteiger partial charge on any atom is -0.106 e. The van der Waals surface area contributed by atoms with Crippen molar-refractivity contribution in [3.05, 3.63) is 41.5 Å². The van der Waals surface area contributed by atoms with Crippen LogP contribution in [0.4, 0.5) is 0 Å². The molecule has 0 fully saturated rings. The van der Waals surface area contributed by atoms with E-state index in [-0.39, 0.29) is 0 Å². The molecule has 0 unspecified atom stereocenters. The van der Waals surface area contributed by atoms with Gasteiger partial charge in [-0.25, -0.2) is 0 Å². The number of benzene rings is 2. The van der Waals surface area contributed by atoms with Crippen molar-refractivity contribution in [1.82, 2.24) is 0 Å². The third-order valence-corrected chi connectivity index (χ3v) is 3.86. The predicted molar refractivity (Wildman–Crippen MR) is 68.3 cm³/mol. The van der Waals surface area contributed by atoms with Gasteiger partial charge in [0.05, 0.1) is 0 Å². The summed E-state index contributed by atoms with van der Waals surface area (Å²) in [5.41, 5.74) is 2.67. The largest absolute Gasteiger partial charge is 0.106 e. The Labute approximate surface area is 93.5 Å². The zero-order valence-corrected chi connectivity index (χ0v) is 9.95. The number of fused-ring (bicyclic) bond motifs is 1. The summed E-state index contributed by atoms with van der Waals surface area (Å²) in [5, 5.41) is 2.60. The Kier molecular flexibility index (Phi) is 2.75. The maximum absolute atomic E-state index is 4.32. The fourth-order valence-corrected chi connectivity index (χ4v) is 2.96. The Morgan fingerprint density at radius 3 is 2.57 bits per heavy atom. The molecule has 0 spiro atoms. The summed E-state index contributed by atoms with van der Waals surface area (Å²) in [6, 6.07) is 10.7. The Morgan fingerprint density at radius 1 is 1.14 bits per heavy atom. The van der Waals surface area contributed by atoms with Gasteiger partial charge in [-0.15, -0.1) is 11.7 Å². The Bertz CT molecular complexity index is 475. The smallest absolute Gasteiger partial charge is 0.0290 e. The highest BCUT2D eigenvalue weighted by molar-refractivity contribution is 8.68. The van der Waals surface area contributed by atoms with Crippen LogP contribution in [-0.2, 0) is 0 Å². The topological polar surface area (TPSA) is 0 Å². The maximum Gasteiger partial charge on any atom is 0.0290 e. The second-order valence-corrected chi connectivity index (χ2v) is 4.60. The fourth-order valence-electron chi connectivity index (χ4n) is 1.67. The Morgan fingerprint density at radius 2 is 1.86 bits per heavy atom. The lowest BCUT2D eigenvalue weighted by atomic mass is 10.0.